The van der Waals surface area contributed by atoms with E-state index in [0.29, 0.717) is 35.2 Å². The molecule has 1 N–H and O–H groups in total. The molecule has 3 aromatic rings. The average Bonchev–Trinajstić information content (AvgIpc) is 2.88. The first kappa shape index (κ1) is 25.6. The van der Waals surface area contributed by atoms with E-state index >= 15 is 0 Å². The minimum atomic E-state index is -0.939. The van der Waals surface area contributed by atoms with Crippen LogP contribution in [0.25, 0.3) is 10.9 Å². The Bertz CT molecular complexity index is 1220. The van der Waals surface area contributed by atoms with Crippen LogP contribution < -0.4 is 19.1 Å². The zero-order valence-electron chi connectivity index (χ0n) is 21.5. The highest BCUT2D eigenvalue weighted by Gasteiger charge is 2.20. The van der Waals surface area contributed by atoms with Crippen LogP contribution in [0.2, 0.25) is 0 Å². The third-order valence-corrected chi connectivity index (χ3v) is 6.75. The van der Waals surface area contributed by atoms with Crippen molar-refractivity contribution in [2.75, 3.05) is 45.3 Å². The smallest absolute Gasteiger partial charge is 0.411 e. The number of piperidine rings is 1. The predicted molar refractivity (Wildman–Crippen MR) is 141 cm³/mol. The Kier molecular flexibility index (Phi) is 8.15. The van der Waals surface area contributed by atoms with Gasteiger partial charge in [0.1, 0.15) is 11.5 Å². The highest BCUT2D eigenvalue weighted by molar-refractivity contribution is 5.89. The number of hydrogen-bond donors (Lipinski definition) is 1. The van der Waals surface area contributed by atoms with Crippen LogP contribution in [0.3, 0.4) is 0 Å². The number of aromatic nitrogens is 1. The van der Waals surface area contributed by atoms with Crippen molar-refractivity contribution in [1.29, 1.82) is 0 Å². The standard InChI is InChI=1S/C28H35N3O5/c1-19-16-25(36-24-9-10-29-22-18-27(35-4)26(34-3)17-21(22)24)20(2)15-23(19)31(28(32)33)14-8-13-30-11-6-5-7-12-30/h9-10,15-18H,5-8,11-14H2,1-4H3,(H,32,33). The second kappa shape index (κ2) is 11.5. The zero-order valence-corrected chi connectivity index (χ0v) is 21.5. The van der Waals surface area contributed by atoms with Crippen molar-refractivity contribution in [3.05, 3.63) is 47.7 Å². The number of rotatable bonds is 9. The van der Waals surface area contributed by atoms with Crippen LogP contribution in [0.15, 0.2) is 36.5 Å². The first-order valence-electron chi connectivity index (χ1n) is 12.4. The summed E-state index contributed by atoms with van der Waals surface area (Å²) >= 11 is 0. The monoisotopic (exact) mass is 493 g/mol. The van der Waals surface area contributed by atoms with E-state index in [-0.39, 0.29) is 0 Å². The number of nitrogens with zero attached hydrogens (tertiary/aromatic N) is 3. The normalized spacial score (nSPS) is 14.0. The number of hydrogen-bond acceptors (Lipinski definition) is 6. The fraction of sp³-hybridized carbons (Fsp3) is 0.429. The number of carbonyl (C=O) groups is 1. The van der Waals surface area contributed by atoms with Gasteiger partial charge < -0.3 is 24.2 Å². The molecule has 0 saturated carbocycles. The van der Waals surface area contributed by atoms with Crippen LogP contribution in [0, 0.1) is 13.8 Å². The molecule has 8 nitrogen and oxygen atoms in total. The molecule has 1 aromatic heterocycles. The molecule has 1 amide bonds. The van der Waals surface area contributed by atoms with Crippen molar-refractivity contribution in [3.63, 3.8) is 0 Å². The van der Waals surface area contributed by atoms with Gasteiger partial charge in [0, 0.05) is 24.2 Å². The molecule has 0 unspecified atom stereocenters. The molecular formula is C28H35N3O5. The first-order chi connectivity index (χ1) is 17.4. The van der Waals surface area contributed by atoms with Crippen molar-refractivity contribution >= 4 is 22.7 Å². The maximum atomic E-state index is 12.1. The minimum absolute atomic E-state index is 0.461. The third-order valence-electron chi connectivity index (χ3n) is 6.75. The number of carboxylic acid groups (broad SMARTS) is 1. The maximum absolute atomic E-state index is 12.1. The van der Waals surface area contributed by atoms with Crippen molar-refractivity contribution in [2.24, 2.45) is 0 Å². The zero-order chi connectivity index (χ0) is 25.7. The van der Waals surface area contributed by atoms with Crippen LogP contribution in [0.4, 0.5) is 10.5 Å². The molecule has 192 valence electrons. The van der Waals surface area contributed by atoms with Gasteiger partial charge >= 0.3 is 6.09 Å². The number of likely N-dealkylation sites (tertiary alicyclic amines) is 1. The Morgan fingerprint density at radius 3 is 2.39 bits per heavy atom. The van der Waals surface area contributed by atoms with Gasteiger partial charge in [0.05, 0.1) is 25.4 Å². The molecule has 36 heavy (non-hydrogen) atoms. The van der Waals surface area contributed by atoms with E-state index in [1.807, 2.05) is 38.1 Å². The Hall–Kier alpha value is -3.52. The summed E-state index contributed by atoms with van der Waals surface area (Å²) in [6, 6.07) is 9.27. The highest BCUT2D eigenvalue weighted by atomic mass is 16.5. The molecule has 2 aromatic carbocycles. The molecule has 0 aliphatic carbocycles. The summed E-state index contributed by atoms with van der Waals surface area (Å²) in [5.74, 6) is 2.48. The van der Waals surface area contributed by atoms with Crippen LogP contribution >= 0.6 is 0 Å². The van der Waals surface area contributed by atoms with Gasteiger partial charge in [0.15, 0.2) is 11.5 Å². The van der Waals surface area contributed by atoms with Crippen LogP contribution in [-0.4, -0.2) is 61.5 Å². The molecule has 2 heterocycles. The predicted octanol–water partition coefficient (Wildman–Crippen LogP) is 6.02. The van der Waals surface area contributed by atoms with Gasteiger partial charge in [0.2, 0.25) is 0 Å². The molecule has 1 saturated heterocycles. The number of methoxy groups -OCH3 is 2. The summed E-state index contributed by atoms with van der Waals surface area (Å²) in [6.07, 6.45) is 5.31. The quantitative estimate of drug-likeness (QED) is 0.390. The number of amides is 1. The molecule has 0 bridgehead atoms. The lowest BCUT2D eigenvalue weighted by Gasteiger charge is -2.28. The molecule has 0 spiro atoms. The van der Waals surface area contributed by atoms with E-state index in [0.717, 1.165) is 48.1 Å². The Morgan fingerprint density at radius 2 is 1.69 bits per heavy atom. The largest absolute Gasteiger partial charge is 0.493 e. The maximum Gasteiger partial charge on any atom is 0.411 e. The second-order valence-corrected chi connectivity index (χ2v) is 9.23. The van der Waals surface area contributed by atoms with Gasteiger partial charge in [-0.25, -0.2) is 4.79 Å². The number of aryl methyl sites for hydroxylation is 2. The Labute approximate surface area is 212 Å². The fourth-order valence-corrected chi connectivity index (χ4v) is 4.78. The van der Waals surface area contributed by atoms with Crippen molar-refractivity contribution in [3.8, 4) is 23.0 Å². The molecule has 1 fully saturated rings. The summed E-state index contributed by atoms with van der Waals surface area (Å²) in [6.45, 7) is 7.45. The van der Waals surface area contributed by atoms with Crippen molar-refractivity contribution < 1.29 is 24.1 Å². The summed E-state index contributed by atoms with van der Waals surface area (Å²) in [5, 5.41) is 10.7. The van der Waals surface area contributed by atoms with Crippen LogP contribution in [-0.2, 0) is 0 Å². The van der Waals surface area contributed by atoms with E-state index < -0.39 is 6.09 Å². The first-order valence-corrected chi connectivity index (χ1v) is 12.4. The van der Waals surface area contributed by atoms with E-state index in [1.54, 1.807) is 26.5 Å². The molecule has 1 aliphatic heterocycles. The van der Waals surface area contributed by atoms with E-state index in [2.05, 4.69) is 9.88 Å². The van der Waals surface area contributed by atoms with E-state index in [1.165, 1.54) is 24.2 Å². The molecule has 8 heteroatoms. The minimum Gasteiger partial charge on any atom is -0.493 e. The summed E-state index contributed by atoms with van der Waals surface area (Å²) in [4.78, 5) is 20.5. The van der Waals surface area contributed by atoms with Crippen molar-refractivity contribution in [1.82, 2.24) is 9.88 Å². The summed E-state index contributed by atoms with van der Waals surface area (Å²) in [7, 11) is 3.18. The molecule has 0 radical (unpaired) electrons. The number of benzene rings is 2. The van der Waals surface area contributed by atoms with Gasteiger partial charge in [-0.1, -0.05) is 6.42 Å². The number of anilines is 1. The van der Waals surface area contributed by atoms with Crippen LogP contribution in [0.5, 0.6) is 23.0 Å². The molecule has 4 rings (SSSR count). The SMILES string of the molecule is COc1cc2nccc(Oc3cc(C)c(N(CCCN4CCCCC4)C(=O)O)cc3C)c2cc1OC. The van der Waals surface area contributed by atoms with Gasteiger partial charge in [-0.3, -0.25) is 9.88 Å². The van der Waals surface area contributed by atoms with E-state index in [4.69, 9.17) is 14.2 Å². The lowest BCUT2D eigenvalue weighted by molar-refractivity contribution is 0.199. The van der Waals surface area contributed by atoms with Gasteiger partial charge in [0.25, 0.3) is 0 Å². The third kappa shape index (κ3) is 5.65. The van der Waals surface area contributed by atoms with Gasteiger partial charge in [-0.15, -0.1) is 0 Å². The molecule has 0 atom stereocenters. The fourth-order valence-electron chi connectivity index (χ4n) is 4.78. The highest BCUT2D eigenvalue weighted by Crippen LogP contribution is 2.38. The summed E-state index contributed by atoms with van der Waals surface area (Å²) in [5.41, 5.74) is 3.11. The Morgan fingerprint density at radius 1 is 0.972 bits per heavy atom. The summed E-state index contributed by atoms with van der Waals surface area (Å²) < 4.78 is 17.2. The molecule has 1 aliphatic rings. The average molecular weight is 494 g/mol. The Balaban J connectivity index is 1.56. The van der Waals surface area contributed by atoms with E-state index in [9.17, 15) is 9.90 Å². The lowest BCUT2D eigenvalue weighted by atomic mass is 10.1. The second-order valence-electron chi connectivity index (χ2n) is 9.23. The van der Waals surface area contributed by atoms with Gasteiger partial charge in [-0.05, 0) is 88.1 Å². The van der Waals surface area contributed by atoms with Crippen molar-refractivity contribution in [2.45, 2.75) is 39.5 Å². The topological polar surface area (TPSA) is 84.4 Å². The number of pyridine rings is 1. The number of ether oxygens (including phenoxy) is 3. The number of fused-ring (bicyclic) bond motifs is 1. The van der Waals surface area contributed by atoms with Gasteiger partial charge in [-0.2, -0.15) is 0 Å². The molecular weight excluding hydrogens is 458 g/mol. The lowest BCUT2D eigenvalue weighted by Crippen LogP contribution is -2.35. The van der Waals surface area contributed by atoms with Crippen LogP contribution in [0.1, 0.15) is 36.8 Å².